The molecule has 5 nitrogen and oxygen atoms in total. The number of nitrogens with one attached hydrogen (secondary N) is 2. The van der Waals surface area contributed by atoms with Crippen molar-refractivity contribution in [3.05, 3.63) is 29.8 Å². The first-order valence-electron chi connectivity index (χ1n) is 6.26. The van der Waals surface area contributed by atoms with E-state index >= 15 is 0 Å². The summed E-state index contributed by atoms with van der Waals surface area (Å²) in [6, 6.07) is 6.76. The van der Waals surface area contributed by atoms with Gasteiger partial charge in [-0.3, -0.25) is 4.79 Å². The Labute approximate surface area is 112 Å². The molecule has 1 aliphatic carbocycles. The first kappa shape index (κ1) is 13.5. The van der Waals surface area contributed by atoms with E-state index in [2.05, 4.69) is 15.4 Å². The van der Waals surface area contributed by atoms with Crippen molar-refractivity contribution in [2.75, 3.05) is 26.0 Å². The van der Waals surface area contributed by atoms with E-state index in [1.54, 1.807) is 24.3 Å². The standard InChI is InChI=1S/C14H18N2O3/c1-15-9-14(6-7-14)13(18)16-11-5-3-4-10(8-11)12(17)19-2/h3-5,8,15H,6-7,9H2,1-2H3,(H,16,18). The van der Waals surface area contributed by atoms with Gasteiger partial charge in [-0.2, -0.15) is 0 Å². The van der Waals surface area contributed by atoms with E-state index in [1.807, 2.05) is 7.05 Å². The molecule has 0 saturated heterocycles. The largest absolute Gasteiger partial charge is 0.465 e. The Morgan fingerprint density at radius 2 is 2.11 bits per heavy atom. The lowest BCUT2D eigenvalue weighted by atomic mass is 10.1. The van der Waals surface area contributed by atoms with Crippen LogP contribution in [0.25, 0.3) is 0 Å². The molecule has 0 atom stereocenters. The number of hydrogen-bond acceptors (Lipinski definition) is 4. The van der Waals surface area contributed by atoms with Gasteiger partial charge in [-0.1, -0.05) is 6.07 Å². The smallest absolute Gasteiger partial charge is 0.337 e. The molecule has 19 heavy (non-hydrogen) atoms. The maximum absolute atomic E-state index is 12.2. The van der Waals surface area contributed by atoms with Crippen LogP contribution < -0.4 is 10.6 Å². The molecule has 5 heteroatoms. The van der Waals surface area contributed by atoms with Crippen molar-refractivity contribution < 1.29 is 14.3 Å². The molecule has 1 fully saturated rings. The number of esters is 1. The lowest BCUT2D eigenvalue weighted by Crippen LogP contribution is -2.32. The maximum atomic E-state index is 12.2. The van der Waals surface area contributed by atoms with Crippen LogP contribution in [0.4, 0.5) is 5.69 Å². The van der Waals surface area contributed by atoms with Crippen LogP contribution in [0.15, 0.2) is 24.3 Å². The number of hydrogen-bond donors (Lipinski definition) is 2. The van der Waals surface area contributed by atoms with E-state index in [9.17, 15) is 9.59 Å². The Morgan fingerprint density at radius 1 is 1.37 bits per heavy atom. The minimum atomic E-state index is -0.410. The van der Waals surface area contributed by atoms with Crippen molar-refractivity contribution >= 4 is 17.6 Å². The third-order valence-electron chi connectivity index (χ3n) is 3.39. The highest BCUT2D eigenvalue weighted by Gasteiger charge is 2.49. The molecule has 1 aliphatic rings. The third kappa shape index (κ3) is 2.93. The predicted octanol–water partition coefficient (Wildman–Crippen LogP) is 1.41. The molecular formula is C14H18N2O3. The van der Waals surface area contributed by atoms with Crippen LogP contribution in [-0.4, -0.2) is 32.6 Å². The number of methoxy groups -OCH3 is 1. The SMILES string of the molecule is CNCC1(C(=O)Nc2cccc(C(=O)OC)c2)CC1. The molecule has 0 aromatic heterocycles. The molecular weight excluding hydrogens is 244 g/mol. The Kier molecular flexibility index (Phi) is 3.85. The van der Waals surface area contributed by atoms with E-state index in [0.717, 1.165) is 12.8 Å². The van der Waals surface area contributed by atoms with E-state index in [0.29, 0.717) is 17.8 Å². The Hall–Kier alpha value is -1.88. The number of benzene rings is 1. The fourth-order valence-corrected chi connectivity index (χ4v) is 2.08. The highest BCUT2D eigenvalue weighted by Crippen LogP contribution is 2.45. The summed E-state index contributed by atoms with van der Waals surface area (Å²) in [6.45, 7) is 0.676. The molecule has 0 spiro atoms. The Balaban J connectivity index is 2.07. The average molecular weight is 262 g/mol. The highest BCUT2D eigenvalue weighted by molar-refractivity contribution is 5.98. The summed E-state index contributed by atoms with van der Waals surface area (Å²) < 4.78 is 4.65. The number of ether oxygens (including phenoxy) is 1. The summed E-state index contributed by atoms with van der Waals surface area (Å²) >= 11 is 0. The second-order valence-corrected chi connectivity index (χ2v) is 4.84. The second-order valence-electron chi connectivity index (χ2n) is 4.84. The normalized spacial score (nSPS) is 15.7. The van der Waals surface area contributed by atoms with Gasteiger partial charge < -0.3 is 15.4 Å². The zero-order valence-electron chi connectivity index (χ0n) is 11.2. The van der Waals surface area contributed by atoms with Crippen molar-refractivity contribution in [1.29, 1.82) is 0 Å². The topological polar surface area (TPSA) is 67.4 Å². The van der Waals surface area contributed by atoms with Crippen LogP contribution in [0.5, 0.6) is 0 Å². The predicted molar refractivity (Wildman–Crippen MR) is 72.0 cm³/mol. The quantitative estimate of drug-likeness (QED) is 0.787. The van der Waals surface area contributed by atoms with E-state index < -0.39 is 5.97 Å². The zero-order valence-corrected chi connectivity index (χ0v) is 11.2. The number of amides is 1. The van der Waals surface area contributed by atoms with Crippen molar-refractivity contribution in [1.82, 2.24) is 5.32 Å². The Morgan fingerprint density at radius 3 is 2.68 bits per heavy atom. The van der Waals surface area contributed by atoms with E-state index in [4.69, 9.17) is 0 Å². The van der Waals surface area contributed by atoms with Crippen molar-refractivity contribution in [3.63, 3.8) is 0 Å². The van der Waals surface area contributed by atoms with Crippen LogP contribution in [-0.2, 0) is 9.53 Å². The summed E-state index contributed by atoms with van der Waals surface area (Å²) in [6.07, 6.45) is 1.80. The fraction of sp³-hybridized carbons (Fsp3) is 0.429. The lowest BCUT2D eigenvalue weighted by Gasteiger charge is -2.15. The molecule has 1 saturated carbocycles. The van der Waals surface area contributed by atoms with Gasteiger partial charge in [0, 0.05) is 12.2 Å². The van der Waals surface area contributed by atoms with Crippen molar-refractivity contribution in [2.24, 2.45) is 5.41 Å². The molecule has 0 unspecified atom stereocenters. The van der Waals surface area contributed by atoms with Gasteiger partial charge >= 0.3 is 5.97 Å². The molecule has 2 rings (SSSR count). The van der Waals surface area contributed by atoms with Crippen LogP contribution in [0.3, 0.4) is 0 Å². The van der Waals surface area contributed by atoms with E-state index in [-0.39, 0.29) is 11.3 Å². The van der Waals surface area contributed by atoms with Gasteiger partial charge in [-0.15, -0.1) is 0 Å². The molecule has 1 aromatic carbocycles. The van der Waals surface area contributed by atoms with Gasteiger partial charge in [-0.05, 0) is 38.1 Å². The minimum absolute atomic E-state index is 0.00358. The highest BCUT2D eigenvalue weighted by atomic mass is 16.5. The van der Waals surface area contributed by atoms with E-state index in [1.165, 1.54) is 7.11 Å². The number of carbonyl (C=O) groups is 2. The fourth-order valence-electron chi connectivity index (χ4n) is 2.08. The summed E-state index contributed by atoms with van der Waals surface area (Å²) in [7, 11) is 3.17. The summed E-state index contributed by atoms with van der Waals surface area (Å²) in [5.41, 5.74) is 0.768. The van der Waals surface area contributed by atoms with Gasteiger partial charge in [-0.25, -0.2) is 4.79 Å². The molecule has 0 radical (unpaired) electrons. The monoisotopic (exact) mass is 262 g/mol. The van der Waals surface area contributed by atoms with Gasteiger partial charge in [0.2, 0.25) is 5.91 Å². The van der Waals surface area contributed by atoms with Gasteiger partial charge in [0.05, 0.1) is 18.1 Å². The van der Waals surface area contributed by atoms with Gasteiger partial charge in [0.15, 0.2) is 0 Å². The van der Waals surface area contributed by atoms with Gasteiger partial charge in [0.25, 0.3) is 0 Å². The third-order valence-corrected chi connectivity index (χ3v) is 3.39. The van der Waals surface area contributed by atoms with Gasteiger partial charge in [0.1, 0.15) is 0 Å². The first-order chi connectivity index (χ1) is 9.11. The first-order valence-corrected chi connectivity index (χ1v) is 6.26. The van der Waals surface area contributed by atoms with Crippen LogP contribution in [0.2, 0.25) is 0 Å². The molecule has 0 aliphatic heterocycles. The number of carbonyl (C=O) groups excluding carboxylic acids is 2. The Bertz CT molecular complexity index is 495. The average Bonchev–Trinajstić information content (AvgIpc) is 3.19. The molecule has 102 valence electrons. The molecule has 1 amide bonds. The second kappa shape index (κ2) is 5.40. The minimum Gasteiger partial charge on any atom is -0.465 e. The molecule has 1 aromatic rings. The molecule has 0 heterocycles. The summed E-state index contributed by atoms with van der Waals surface area (Å²) in [5.74, 6) is -0.406. The van der Waals surface area contributed by atoms with Crippen LogP contribution >= 0.6 is 0 Å². The van der Waals surface area contributed by atoms with Crippen LogP contribution in [0, 0.1) is 5.41 Å². The number of rotatable bonds is 5. The molecule has 2 N–H and O–H groups in total. The summed E-state index contributed by atoms with van der Waals surface area (Å²) in [4.78, 5) is 23.6. The van der Waals surface area contributed by atoms with Crippen LogP contribution in [0.1, 0.15) is 23.2 Å². The number of anilines is 1. The molecule has 0 bridgehead atoms. The lowest BCUT2D eigenvalue weighted by molar-refractivity contribution is -0.120. The summed E-state index contributed by atoms with van der Waals surface area (Å²) in [5, 5.41) is 5.90. The van der Waals surface area contributed by atoms with Crippen molar-refractivity contribution in [2.45, 2.75) is 12.8 Å². The van der Waals surface area contributed by atoms with Crippen molar-refractivity contribution in [3.8, 4) is 0 Å². The zero-order chi connectivity index (χ0) is 13.9. The maximum Gasteiger partial charge on any atom is 0.337 e.